The van der Waals surface area contributed by atoms with Gasteiger partial charge in [0, 0.05) is 11.5 Å². The topological polar surface area (TPSA) is 88.2 Å². The van der Waals surface area contributed by atoms with Gasteiger partial charge in [0.1, 0.15) is 11.8 Å². The molecule has 6 nitrogen and oxygen atoms in total. The van der Waals surface area contributed by atoms with Crippen molar-refractivity contribution < 1.29 is 14.4 Å². The van der Waals surface area contributed by atoms with Gasteiger partial charge in [0.2, 0.25) is 5.89 Å². The average Bonchev–Trinajstić information content (AvgIpc) is 3.16. The van der Waals surface area contributed by atoms with Crippen LogP contribution in [0.25, 0.3) is 0 Å². The number of nitrogens with zero attached hydrogens (tertiary/aromatic N) is 2. The van der Waals surface area contributed by atoms with E-state index in [2.05, 4.69) is 15.5 Å². The van der Waals surface area contributed by atoms with Crippen LogP contribution in [0.3, 0.4) is 0 Å². The molecule has 0 spiro atoms. The minimum Gasteiger partial charge on any atom is -0.508 e. The largest absolute Gasteiger partial charge is 0.508 e. The van der Waals surface area contributed by atoms with Crippen LogP contribution >= 0.6 is 0 Å². The summed E-state index contributed by atoms with van der Waals surface area (Å²) in [5.74, 6) is 1.48. The lowest BCUT2D eigenvalue weighted by Crippen LogP contribution is -2.27. The third-order valence-electron chi connectivity index (χ3n) is 3.57. The lowest BCUT2D eigenvalue weighted by atomic mass is 10.1. The second-order valence-electron chi connectivity index (χ2n) is 5.46. The molecule has 1 saturated carbocycles. The molecule has 0 radical (unpaired) electrons. The summed E-state index contributed by atoms with van der Waals surface area (Å²) in [5, 5.41) is 16.1. The van der Waals surface area contributed by atoms with Crippen molar-refractivity contribution in [2.75, 3.05) is 0 Å². The van der Waals surface area contributed by atoms with E-state index in [1.165, 1.54) is 6.07 Å². The van der Waals surface area contributed by atoms with Crippen LogP contribution < -0.4 is 5.32 Å². The molecule has 1 aromatic heterocycles. The van der Waals surface area contributed by atoms with Crippen molar-refractivity contribution in [3.05, 3.63) is 41.0 Å². The van der Waals surface area contributed by atoms with Gasteiger partial charge in [0.15, 0.2) is 5.82 Å². The molecule has 0 saturated heterocycles. The van der Waals surface area contributed by atoms with Crippen LogP contribution in [-0.4, -0.2) is 21.2 Å². The zero-order valence-corrected chi connectivity index (χ0v) is 12.0. The smallest absolute Gasteiger partial charge is 0.252 e. The number of hydrogen-bond donors (Lipinski definition) is 2. The summed E-state index contributed by atoms with van der Waals surface area (Å²) < 4.78 is 5.20. The molecule has 0 aliphatic heterocycles. The molecule has 2 N–H and O–H groups in total. The highest BCUT2D eigenvalue weighted by atomic mass is 16.5. The molecule has 21 heavy (non-hydrogen) atoms. The fourth-order valence-corrected chi connectivity index (χ4v) is 2.17. The first kappa shape index (κ1) is 13.6. The predicted molar refractivity (Wildman–Crippen MR) is 75.0 cm³/mol. The molecule has 110 valence electrons. The maximum Gasteiger partial charge on any atom is 0.252 e. The van der Waals surface area contributed by atoms with Gasteiger partial charge in [0.25, 0.3) is 5.91 Å². The molecule has 0 unspecified atom stereocenters. The summed E-state index contributed by atoms with van der Waals surface area (Å²) in [6.45, 7) is 3.58. The first-order chi connectivity index (χ1) is 10.0. The van der Waals surface area contributed by atoms with E-state index in [-0.39, 0.29) is 17.7 Å². The lowest BCUT2D eigenvalue weighted by molar-refractivity contribution is 0.0932. The summed E-state index contributed by atoms with van der Waals surface area (Å²) in [4.78, 5) is 16.6. The maximum atomic E-state index is 12.2. The Morgan fingerprint density at radius 2 is 2.24 bits per heavy atom. The molecular weight excluding hydrogens is 270 g/mol. The van der Waals surface area contributed by atoms with Crippen molar-refractivity contribution >= 4 is 5.91 Å². The molecule has 2 aromatic rings. The fourth-order valence-electron chi connectivity index (χ4n) is 2.17. The molecule has 1 heterocycles. The summed E-state index contributed by atoms with van der Waals surface area (Å²) in [7, 11) is 0. The Balaban J connectivity index is 1.70. The zero-order chi connectivity index (χ0) is 15.0. The van der Waals surface area contributed by atoms with E-state index in [0.29, 0.717) is 22.9 Å². The number of carbonyl (C=O) groups is 1. The van der Waals surface area contributed by atoms with Crippen molar-refractivity contribution in [2.24, 2.45) is 0 Å². The van der Waals surface area contributed by atoms with Crippen molar-refractivity contribution in [3.63, 3.8) is 0 Å². The monoisotopic (exact) mass is 287 g/mol. The second-order valence-corrected chi connectivity index (χ2v) is 5.46. The van der Waals surface area contributed by atoms with Crippen molar-refractivity contribution in [1.82, 2.24) is 15.5 Å². The molecule has 1 aromatic carbocycles. The van der Waals surface area contributed by atoms with Gasteiger partial charge < -0.3 is 14.9 Å². The van der Waals surface area contributed by atoms with Crippen LogP contribution in [0.5, 0.6) is 5.75 Å². The fraction of sp³-hybridized carbons (Fsp3) is 0.400. The Bertz CT molecular complexity index is 677. The number of amides is 1. The quantitative estimate of drug-likeness (QED) is 0.901. The van der Waals surface area contributed by atoms with Gasteiger partial charge in [-0.25, -0.2) is 0 Å². The number of nitrogens with one attached hydrogen (secondary N) is 1. The van der Waals surface area contributed by atoms with Crippen molar-refractivity contribution in [1.29, 1.82) is 0 Å². The molecule has 3 rings (SSSR count). The molecule has 6 heteroatoms. The highest BCUT2D eigenvalue weighted by molar-refractivity contribution is 5.95. The average molecular weight is 287 g/mol. The molecule has 0 bridgehead atoms. The van der Waals surface area contributed by atoms with Crippen LogP contribution in [0, 0.1) is 6.92 Å². The van der Waals surface area contributed by atoms with Gasteiger partial charge in [-0.15, -0.1) is 0 Å². The number of phenols is 1. The van der Waals surface area contributed by atoms with E-state index in [1.54, 1.807) is 26.0 Å². The second kappa shape index (κ2) is 5.20. The first-order valence-electron chi connectivity index (χ1n) is 6.98. The molecule has 1 atom stereocenters. The van der Waals surface area contributed by atoms with Crippen LogP contribution in [0.15, 0.2) is 22.7 Å². The van der Waals surface area contributed by atoms with E-state index < -0.39 is 0 Å². The lowest BCUT2D eigenvalue weighted by Gasteiger charge is -2.11. The van der Waals surface area contributed by atoms with Gasteiger partial charge in [0.05, 0.1) is 0 Å². The van der Waals surface area contributed by atoms with Gasteiger partial charge >= 0.3 is 0 Å². The van der Waals surface area contributed by atoms with E-state index in [9.17, 15) is 9.90 Å². The van der Waals surface area contributed by atoms with Crippen LogP contribution in [0.4, 0.5) is 0 Å². The predicted octanol–water partition coefficient (Wildman–Crippen LogP) is 2.45. The summed E-state index contributed by atoms with van der Waals surface area (Å²) in [6.07, 6.45) is 2.21. The van der Waals surface area contributed by atoms with E-state index in [1.807, 2.05) is 0 Å². The van der Waals surface area contributed by atoms with Crippen LogP contribution in [0.1, 0.15) is 59.4 Å². The van der Waals surface area contributed by atoms with Crippen LogP contribution in [0.2, 0.25) is 0 Å². The highest BCUT2D eigenvalue weighted by Crippen LogP contribution is 2.38. The normalized spacial score (nSPS) is 15.7. The molecule has 1 amide bonds. The Hall–Kier alpha value is -2.37. The van der Waals surface area contributed by atoms with E-state index in [0.717, 1.165) is 18.7 Å². The number of phenolic OH excluding ortho intramolecular Hbond substituents is 1. The number of aryl methyl sites for hydroxylation is 1. The third-order valence-corrected chi connectivity index (χ3v) is 3.57. The number of aromatic hydroxyl groups is 1. The number of benzene rings is 1. The molecular formula is C15H17N3O3. The SMILES string of the molecule is Cc1cc(O)ccc1C(=O)N[C@@H](C)c1nc(C2CC2)no1. The Morgan fingerprint density at radius 3 is 2.90 bits per heavy atom. The van der Waals surface area contributed by atoms with Crippen LogP contribution in [-0.2, 0) is 0 Å². The third kappa shape index (κ3) is 2.89. The summed E-state index contributed by atoms with van der Waals surface area (Å²) >= 11 is 0. The minimum atomic E-state index is -0.356. The molecule has 1 aliphatic carbocycles. The zero-order valence-electron chi connectivity index (χ0n) is 12.0. The Labute approximate surface area is 122 Å². The molecule has 1 aliphatic rings. The molecule has 1 fully saturated rings. The number of hydrogen-bond acceptors (Lipinski definition) is 5. The van der Waals surface area contributed by atoms with Crippen molar-refractivity contribution in [2.45, 2.75) is 38.6 Å². The van der Waals surface area contributed by atoms with Gasteiger partial charge in [-0.2, -0.15) is 4.98 Å². The Morgan fingerprint density at radius 1 is 1.48 bits per heavy atom. The van der Waals surface area contributed by atoms with Crippen molar-refractivity contribution in [3.8, 4) is 5.75 Å². The maximum absolute atomic E-state index is 12.2. The first-order valence-corrected chi connectivity index (χ1v) is 6.98. The highest BCUT2D eigenvalue weighted by Gasteiger charge is 2.29. The van der Waals surface area contributed by atoms with E-state index >= 15 is 0 Å². The standard InChI is InChI=1S/C15H17N3O3/c1-8-7-11(19)5-6-12(8)14(20)16-9(2)15-17-13(18-21-15)10-3-4-10/h5-7,9-10,19H,3-4H2,1-2H3,(H,16,20)/t9-/m0/s1. The van der Waals surface area contributed by atoms with Gasteiger partial charge in [-0.3, -0.25) is 4.79 Å². The number of aromatic nitrogens is 2. The Kier molecular flexibility index (Phi) is 3.37. The minimum absolute atomic E-state index is 0.142. The number of rotatable bonds is 4. The van der Waals surface area contributed by atoms with Gasteiger partial charge in [-0.1, -0.05) is 5.16 Å². The summed E-state index contributed by atoms with van der Waals surface area (Å²) in [5.41, 5.74) is 1.23. The summed E-state index contributed by atoms with van der Waals surface area (Å²) in [6, 6.07) is 4.28. The van der Waals surface area contributed by atoms with Gasteiger partial charge in [-0.05, 0) is 50.5 Å². The number of carbonyl (C=O) groups excluding carboxylic acids is 1. The van der Waals surface area contributed by atoms with E-state index in [4.69, 9.17) is 4.52 Å².